The van der Waals surface area contributed by atoms with Gasteiger partial charge in [0.25, 0.3) is 0 Å². The molecule has 2 unspecified atom stereocenters. The van der Waals surface area contributed by atoms with Gasteiger partial charge in [0.15, 0.2) is 6.10 Å². The van der Waals surface area contributed by atoms with Gasteiger partial charge in [0, 0.05) is 12.8 Å². The number of carbonyl (C=O) groups excluding carboxylic acids is 4. The molecule has 0 aromatic heterocycles. The van der Waals surface area contributed by atoms with E-state index < -0.39 is 42.7 Å². The maximum Gasteiger partial charge on any atom is 0.306 e. The Morgan fingerprint density at radius 2 is 1.09 bits per heavy atom. The van der Waals surface area contributed by atoms with Crippen LogP contribution in [-0.2, 0) is 38.1 Å². The highest BCUT2D eigenvalue weighted by Gasteiger charge is 2.20. The van der Waals surface area contributed by atoms with Crippen molar-refractivity contribution in [3.05, 3.63) is 0 Å². The quantitative estimate of drug-likeness (QED) is 0.166. The first kappa shape index (κ1) is 29.8. The molecular weight excluding hydrogens is 424 g/mol. The van der Waals surface area contributed by atoms with Gasteiger partial charge in [-0.2, -0.15) is 0 Å². The summed E-state index contributed by atoms with van der Waals surface area (Å²) in [5, 5.41) is 17.8. The van der Waals surface area contributed by atoms with E-state index in [2.05, 4.69) is 0 Å². The maximum atomic E-state index is 12.0. The third-order valence-corrected chi connectivity index (χ3v) is 4.31. The average Bonchev–Trinajstić information content (AvgIpc) is 2.78. The highest BCUT2D eigenvalue weighted by Crippen LogP contribution is 2.07. The van der Waals surface area contributed by atoms with E-state index in [0.717, 1.165) is 25.7 Å². The van der Waals surface area contributed by atoms with Gasteiger partial charge in [0.2, 0.25) is 0 Å². The molecule has 0 amide bonds. The molecule has 0 radical (unpaired) electrons. The Morgan fingerprint density at radius 3 is 1.56 bits per heavy atom. The molecule has 0 aromatic carbocycles. The number of ether oxygens (including phenoxy) is 4. The Morgan fingerprint density at radius 1 is 0.656 bits per heavy atom. The summed E-state index contributed by atoms with van der Waals surface area (Å²) < 4.78 is 20.2. The molecule has 0 saturated carbocycles. The molecule has 10 nitrogen and oxygen atoms in total. The van der Waals surface area contributed by atoms with Crippen molar-refractivity contribution in [3.8, 4) is 0 Å². The predicted octanol–water partition coefficient (Wildman–Crippen LogP) is 1.82. The molecule has 0 rings (SSSR count). The number of esters is 4. The van der Waals surface area contributed by atoms with Crippen molar-refractivity contribution >= 4 is 23.9 Å². The third-order valence-electron chi connectivity index (χ3n) is 4.31. The highest BCUT2D eigenvalue weighted by molar-refractivity contribution is 5.77. The molecule has 0 heterocycles. The van der Waals surface area contributed by atoms with Crippen LogP contribution < -0.4 is 0 Å². The van der Waals surface area contributed by atoms with Crippen molar-refractivity contribution in [2.45, 2.75) is 90.3 Å². The zero-order valence-corrected chi connectivity index (χ0v) is 19.2. The summed E-state index contributed by atoms with van der Waals surface area (Å²) in [6, 6.07) is 0. The van der Waals surface area contributed by atoms with Crippen molar-refractivity contribution in [2.75, 3.05) is 26.4 Å². The first-order valence-electron chi connectivity index (χ1n) is 11.3. The lowest BCUT2D eigenvalue weighted by atomic mass is 10.2. The minimum atomic E-state index is -1.18. The summed E-state index contributed by atoms with van der Waals surface area (Å²) in [5.41, 5.74) is 0. The fraction of sp³-hybridized carbons (Fsp3) is 0.818. The summed E-state index contributed by atoms with van der Waals surface area (Å²) in [6.45, 7) is 2.58. The van der Waals surface area contributed by atoms with E-state index in [1.54, 1.807) is 0 Å². The van der Waals surface area contributed by atoms with Gasteiger partial charge in [0.05, 0.1) is 19.4 Å². The van der Waals surface area contributed by atoms with Gasteiger partial charge in [-0.15, -0.1) is 0 Å². The zero-order valence-electron chi connectivity index (χ0n) is 19.2. The molecule has 0 aliphatic rings. The van der Waals surface area contributed by atoms with E-state index in [0.29, 0.717) is 12.8 Å². The number of carbonyl (C=O) groups is 4. The second kappa shape index (κ2) is 19.5. The summed E-state index contributed by atoms with van der Waals surface area (Å²) >= 11 is 0. The fourth-order valence-corrected chi connectivity index (χ4v) is 2.43. The van der Waals surface area contributed by atoms with Gasteiger partial charge >= 0.3 is 23.9 Å². The van der Waals surface area contributed by atoms with Crippen molar-refractivity contribution in [2.24, 2.45) is 0 Å². The maximum absolute atomic E-state index is 12.0. The summed E-state index contributed by atoms with van der Waals surface area (Å²) in [7, 11) is 0. The number of aliphatic hydroxyl groups is 2. The number of aliphatic hydroxyl groups excluding tert-OH is 2. The van der Waals surface area contributed by atoms with Crippen LogP contribution in [0.1, 0.15) is 78.1 Å². The smallest absolute Gasteiger partial charge is 0.306 e. The molecule has 0 fully saturated rings. The Bertz CT molecular complexity index is 549. The molecule has 0 spiro atoms. The van der Waals surface area contributed by atoms with Gasteiger partial charge in [-0.25, -0.2) is 0 Å². The standard InChI is InChI=1S/C22H38O10/c1-3-5-7-9-19(25)30-15-18(32-22(28)10-8-6-4-2)16-31-21(27)12-11-20(26)29-14-17(24)13-23/h17-18,23-24H,3-16H2,1-2H3. The molecule has 0 saturated heterocycles. The lowest BCUT2D eigenvalue weighted by Crippen LogP contribution is -2.31. The van der Waals surface area contributed by atoms with Crippen LogP contribution in [-0.4, -0.2) is 72.7 Å². The van der Waals surface area contributed by atoms with E-state index in [1.807, 2.05) is 13.8 Å². The lowest BCUT2D eigenvalue weighted by Gasteiger charge is -2.18. The second-order valence-electron chi connectivity index (χ2n) is 7.41. The van der Waals surface area contributed by atoms with Crippen LogP contribution in [0, 0.1) is 0 Å². The van der Waals surface area contributed by atoms with Crippen LogP contribution >= 0.6 is 0 Å². The second-order valence-corrected chi connectivity index (χ2v) is 7.41. The molecular formula is C22H38O10. The van der Waals surface area contributed by atoms with Gasteiger partial charge in [-0.1, -0.05) is 39.5 Å². The van der Waals surface area contributed by atoms with Crippen LogP contribution in [0.15, 0.2) is 0 Å². The monoisotopic (exact) mass is 462 g/mol. The largest absolute Gasteiger partial charge is 0.463 e. The molecule has 0 aromatic rings. The Labute approximate surface area is 189 Å². The first-order valence-corrected chi connectivity index (χ1v) is 11.3. The normalized spacial score (nSPS) is 12.5. The van der Waals surface area contributed by atoms with Crippen LogP contribution in [0.3, 0.4) is 0 Å². The first-order chi connectivity index (χ1) is 15.3. The van der Waals surface area contributed by atoms with Gasteiger partial charge in [-0.3, -0.25) is 19.2 Å². The Balaban J connectivity index is 4.46. The van der Waals surface area contributed by atoms with Crippen LogP contribution in [0.4, 0.5) is 0 Å². The summed E-state index contributed by atoms with van der Waals surface area (Å²) in [5.74, 6) is -2.32. The van der Waals surface area contributed by atoms with Gasteiger partial charge in [-0.05, 0) is 12.8 Å². The topological polar surface area (TPSA) is 146 Å². The minimum Gasteiger partial charge on any atom is -0.463 e. The molecule has 186 valence electrons. The third kappa shape index (κ3) is 17.5. The van der Waals surface area contributed by atoms with E-state index in [-0.39, 0.29) is 45.5 Å². The molecule has 2 N–H and O–H groups in total. The lowest BCUT2D eigenvalue weighted by molar-refractivity contribution is -0.167. The van der Waals surface area contributed by atoms with E-state index in [4.69, 9.17) is 29.2 Å². The van der Waals surface area contributed by atoms with Crippen LogP contribution in [0.5, 0.6) is 0 Å². The Kier molecular flexibility index (Phi) is 18.1. The number of hydrogen-bond acceptors (Lipinski definition) is 10. The number of rotatable bonds is 19. The predicted molar refractivity (Wildman–Crippen MR) is 113 cm³/mol. The number of hydrogen-bond donors (Lipinski definition) is 2. The van der Waals surface area contributed by atoms with E-state index in [1.165, 1.54) is 0 Å². The van der Waals surface area contributed by atoms with Crippen molar-refractivity contribution in [1.82, 2.24) is 0 Å². The summed E-state index contributed by atoms with van der Waals surface area (Å²) in [6.07, 6.45) is 2.90. The fourth-order valence-electron chi connectivity index (χ4n) is 2.43. The summed E-state index contributed by atoms with van der Waals surface area (Å²) in [4.78, 5) is 47.2. The highest BCUT2D eigenvalue weighted by atomic mass is 16.6. The number of unbranched alkanes of at least 4 members (excludes halogenated alkanes) is 4. The average molecular weight is 463 g/mol. The molecule has 32 heavy (non-hydrogen) atoms. The minimum absolute atomic E-state index is 0.217. The van der Waals surface area contributed by atoms with E-state index >= 15 is 0 Å². The zero-order chi connectivity index (χ0) is 24.2. The molecule has 10 heteroatoms. The molecule has 0 aliphatic carbocycles. The van der Waals surface area contributed by atoms with E-state index in [9.17, 15) is 19.2 Å². The van der Waals surface area contributed by atoms with Crippen LogP contribution in [0.2, 0.25) is 0 Å². The van der Waals surface area contributed by atoms with Crippen molar-refractivity contribution < 1.29 is 48.3 Å². The molecule has 2 atom stereocenters. The Hall–Kier alpha value is -2.20. The van der Waals surface area contributed by atoms with Crippen LogP contribution in [0.25, 0.3) is 0 Å². The molecule has 0 bridgehead atoms. The van der Waals surface area contributed by atoms with Crippen molar-refractivity contribution in [3.63, 3.8) is 0 Å². The van der Waals surface area contributed by atoms with Gasteiger partial charge < -0.3 is 29.2 Å². The van der Waals surface area contributed by atoms with Crippen molar-refractivity contribution in [1.29, 1.82) is 0 Å². The SMILES string of the molecule is CCCCCC(=O)OCC(COC(=O)CCC(=O)OCC(O)CO)OC(=O)CCCCC. The van der Waals surface area contributed by atoms with Gasteiger partial charge in [0.1, 0.15) is 25.9 Å². The molecule has 0 aliphatic heterocycles.